The fourth-order valence-corrected chi connectivity index (χ4v) is 3.04. The van der Waals surface area contributed by atoms with E-state index in [9.17, 15) is 0 Å². The number of methoxy groups -OCH3 is 2. The number of nitrogens with two attached hydrogens (primary N) is 1. The minimum Gasteiger partial charge on any atom is -0.493 e. The van der Waals surface area contributed by atoms with Crippen molar-refractivity contribution in [3.05, 3.63) is 23.8 Å². The maximum atomic E-state index is 5.35. The number of hydrogen-bond acceptors (Lipinski definition) is 2. The first-order valence-electron chi connectivity index (χ1n) is 7.77. The smallest absolute Gasteiger partial charge is 0.160 e. The number of ether oxygens (including phenoxy) is 2. The van der Waals surface area contributed by atoms with Crippen LogP contribution < -0.4 is 14.8 Å². The molecule has 0 atom stereocenters. The second-order valence-corrected chi connectivity index (χ2v) is 5.98. The summed E-state index contributed by atoms with van der Waals surface area (Å²) in [4.78, 5) is 0. The lowest BCUT2D eigenvalue weighted by atomic mass is 9.87. The first-order chi connectivity index (χ1) is 9.72. The molecule has 1 saturated carbocycles. The van der Waals surface area contributed by atoms with Crippen molar-refractivity contribution < 1.29 is 14.8 Å². The van der Waals surface area contributed by atoms with Gasteiger partial charge in [0.15, 0.2) is 11.5 Å². The Kier molecular flexibility index (Phi) is 5.72. The van der Waals surface area contributed by atoms with Crippen LogP contribution in [0.15, 0.2) is 18.2 Å². The Bertz CT molecular complexity index is 411. The quantitative estimate of drug-likeness (QED) is 0.867. The molecule has 3 nitrogen and oxygen atoms in total. The summed E-state index contributed by atoms with van der Waals surface area (Å²) in [5.74, 6) is 2.57. The van der Waals surface area contributed by atoms with Gasteiger partial charge in [-0.15, -0.1) is 0 Å². The summed E-state index contributed by atoms with van der Waals surface area (Å²) in [5, 5.41) is 2.53. The molecule has 0 amide bonds. The average molecular weight is 278 g/mol. The average Bonchev–Trinajstić information content (AvgIpc) is 2.49. The molecule has 1 aliphatic rings. The zero-order chi connectivity index (χ0) is 14.4. The van der Waals surface area contributed by atoms with Gasteiger partial charge in [0, 0.05) is 6.42 Å². The van der Waals surface area contributed by atoms with Crippen LogP contribution >= 0.6 is 0 Å². The summed E-state index contributed by atoms with van der Waals surface area (Å²) in [6.45, 7) is 3.54. The molecule has 2 N–H and O–H groups in total. The Morgan fingerprint density at radius 1 is 1.05 bits per heavy atom. The van der Waals surface area contributed by atoms with E-state index in [1.165, 1.54) is 31.2 Å². The van der Waals surface area contributed by atoms with Gasteiger partial charge in [-0.1, -0.05) is 13.0 Å². The van der Waals surface area contributed by atoms with Crippen LogP contribution in [0.2, 0.25) is 0 Å². The second kappa shape index (κ2) is 7.53. The standard InChI is InChI=1S/C17H27NO2/c1-13-4-7-15(8-5-13)18-11-10-14-6-9-16(19-2)17(12-14)20-3/h6,9,12-13,15,18H,4-5,7-8,10-11H2,1-3H3/p+1. The first kappa shape index (κ1) is 15.2. The monoisotopic (exact) mass is 278 g/mol. The van der Waals surface area contributed by atoms with Crippen LogP contribution in [-0.2, 0) is 6.42 Å². The molecule has 1 aliphatic carbocycles. The highest BCUT2D eigenvalue weighted by Crippen LogP contribution is 2.27. The Morgan fingerprint density at radius 3 is 2.40 bits per heavy atom. The Hall–Kier alpha value is -1.22. The summed E-state index contributed by atoms with van der Waals surface area (Å²) in [7, 11) is 3.37. The molecule has 0 heterocycles. The molecule has 0 bridgehead atoms. The van der Waals surface area contributed by atoms with Gasteiger partial charge in [0.05, 0.1) is 26.8 Å². The van der Waals surface area contributed by atoms with Gasteiger partial charge in [-0.25, -0.2) is 0 Å². The van der Waals surface area contributed by atoms with E-state index in [2.05, 4.69) is 24.4 Å². The lowest BCUT2D eigenvalue weighted by Crippen LogP contribution is -2.90. The van der Waals surface area contributed by atoms with E-state index in [0.717, 1.165) is 36.4 Å². The largest absolute Gasteiger partial charge is 0.493 e. The lowest BCUT2D eigenvalue weighted by molar-refractivity contribution is -0.691. The molecular weight excluding hydrogens is 250 g/mol. The Balaban J connectivity index is 1.79. The van der Waals surface area contributed by atoms with Gasteiger partial charge in [-0.3, -0.25) is 0 Å². The number of hydrogen-bond donors (Lipinski definition) is 1. The van der Waals surface area contributed by atoms with E-state index in [0.29, 0.717) is 0 Å². The molecule has 20 heavy (non-hydrogen) atoms. The number of quaternary nitrogens is 1. The molecule has 1 aromatic carbocycles. The third-order valence-corrected chi connectivity index (χ3v) is 4.44. The molecule has 0 radical (unpaired) electrons. The van der Waals surface area contributed by atoms with E-state index >= 15 is 0 Å². The van der Waals surface area contributed by atoms with Gasteiger partial charge in [0.2, 0.25) is 0 Å². The maximum Gasteiger partial charge on any atom is 0.160 e. The summed E-state index contributed by atoms with van der Waals surface area (Å²) in [6.07, 6.45) is 6.65. The zero-order valence-electron chi connectivity index (χ0n) is 13.0. The van der Waals surface area contributed by atoms with Crippen LogP contribution in [0.4, 0.5) is 0 Å². The third-order valence-electron chi connectivity index (χ3n) is 4.44. The van der Waals surface area contributed by atoms with Crippen molar-refractivity contribution in [3.8, 4) is 11.5 Å². The van der Waals surface area contributed by atoms with Crippen LogP contribution in [0.5, 0.6) is 11.5 Å². The molecule has 2 rings (SSSR count). The molecular formula is C17H28NO2+. The molecule has 1 fully saturated rings. The number of rotatable bonds is 6. The van der Waals surface area contributed by atoms with Crippen LogP contribution in [0.25, 0.3) is 0 Å². The van der Waals surface area contributed by atoms with Crippen LogP contribution in [0.3, 0.4) is 0 Å². The zero-order valence-corrected chi connectivity index (χ0v) is 13.0. The van der Waals surface area contributed by atoms with E-state index < -0.39 is 0 Å². The highest BCUT2D eigenvalue weighted by Gasteiger charge is 2.20. The third kappa shape index (κ3) is 4.14. The highest BCUT2D eigenvalue weighted by molar-refractivity contribution is 5.42. The highest BCUT2D eigenvalue weighted by atomic mass is 16.5. The fourth-order valence-electron chi connectivity index (χ4n) is 3.04. The Morgan fingerprint density at radius 2 is 1.75 bits per heavy atom. The molecule has 0 aliphatic heterocycles. The van der Waals surface area contributed by atoms with E-state index in [1.807, 2.05) is 6.07 Å². The molecule has 3 heteroatoms. The minimum absolute atomic E-state index is 0.807. The van der Waals surface area contributed by atoms with Crippen molar-refractivity contribution >= 4 is 0 Å². The predicted octanol–water partition coefficient (Wildman–Crippen LogP) is 2.39. The van der Waals surface area contributed by atoms with Crippen LogP contribution in [0.1, 0.15) is 38.2 Å². The second-order valence-electron chi connectivity index (χ2n) is 5.98. The molecule has 1 aromatic rings. The van der Waals surface area contributed by atoms with Gasteiger partial charge in [-0.05, 0) is 49.3 Å². The van der Waals surface area contributed by atoms with Gasteiger partial charge in [-0.2, -0.15) is 0 Å². The van der Waals surface area contributed by atoms with E-state index in [4.69, 9.17) is 9.47 Å². The predicted molar refractivity (Wildman–Crippen MR) is 81.5 cm³/mol. The SMILES string of the molecule is COc1ccc(CC[NH2+]C2CCC(C)CC2)cc1OC. The lowest BCUT2D eigenvalue weighted by Gasteiger charge is -2.24. The minimum atomic E-state index is 0.807. The van der Waals surface area contributed by atoms with Gasteiger partial charge in [0.1, 0.15) is 0 Å². The first-order valence-corrected chi connectivity index (χ1v) is 7.77. The van der Waals surface area contributed by atoms with Crippen molar-refractivity contribution in [2.45, 2.75) is 45.1 Å². The van der Waals surface area contributed by atoms with Crippen molar-refractivity contribution in [1.29, 1.82) is 0 Å². The van der Waals surface area contributed by atoms with Crippen molar-refractivity contribution in [3.63, 3.8) is 0 Å². The molecule has 0 aromatic heterocycles. The van der Waals surface area contributed by atoms with E-state index in [1.54, 1.807) is 14.2 Å². The van der Waals surface area contributed by atoms with Crippen molar-refractivity contribution in [2.75, 3.05) is 20.8 Å². The summed E-state index contributed by atoms with van der Waals surface area (Å²) in [5.41, 5.74) is 1.32. The Labute approximate surface area is 122 Å². The van der Waals surface area contributed by atoms with Crippen LogP contribution in [-0.4, -0.2) is 26.8 Å². The normalized spacial score (nSPS) is 22.6. The fraction of sp³-hybridized carbons (Fsp3) is 0.647. The summed E-state index contributed by atoms with van der Waals surface area (Å²) >= 11 is 0. The van der Waals surface area contributed by atoms with Crippen LogP contribution in [0, 0.1) is 5.92 Å². The van der Waals surface area contributed by atoms with Gasteiger partial charge < -0.3 is 14.8 Å². The van der Waals surface area contributed by atoms with E-state index in [-0.39, 0.29) is 0 Å². The molecule has 0 unspecified atom stereocenters. The topological polar surface area (TPSA) is 35.1 Å². The summed E-state index contributed by atoms with van der Waals surface area (Å²) in [6, 6.07) is 7.07. The molecule has 112 valence electrons. The van der Waals surface area contributed by atoms with Gasteiger partial charge in [0.25, 0.3) is 0 Å². The molecule has 0 spiro atoms. The van der Waals surface area contributed by atoms with Crippen molar-refractivity contribution in [1.82, 2.24) is 0 Å². The van der Waals surface area contributed by atoms with Gasteiger partial charge >= 0.3 is 0 Å². The summed E-state index contributed by atoms with van der Waals surface area (Å²) < 4.78 is 10.6. The van der Waals surface area contributed by atoms with Crippen molar-refractivity contribution in [2.24, 2.45) is 5.92 Å². The molecule has 0 saturated heterocycles. The maximum absolute atomic E-state index is 5.35. The number of benzene rings is 1.